The Bertz CT molecular complexity index is 940. The molecule has 4 nitrogen and oxygen atoms in total. The lowest BCUT2D eigenvalue weighted by molar-refractivity contribution is -0.135. The van der Waals surface area contributed by atoms with Crippen molar-refractivity contribution < 1.29 is 18.0 Å². The summed E-state index contributed by atoms with van der Waals surface area (Å²) in [4.78, 5) is 18.4. The van der Waals surface area contributed by atoms with Gasteiger partial charge in [0, 0.05) is 29.5 Å². The van der Waals surface area contributed by atoms with E-state index in [4.69, 9.17) is 0 Å². The van der Waals surface area contributed by atoms with Crippen molar-refractivity contribution in [3.05, 3.63) is 46.6 Å². The fourth-order valence-corrected chi connectivity index (χ4v) is 5.44. The number of carbonyl (C=O) groups is 1. The van der Waals surface area contributed by atoms with E-state index in [1.54, 1.807) is 23.5 Å². The molecule has 1 atom stereocenters. The van der Waals surface area contributed by atoms with E-state index in [1.807, 2.05) is 58.9 Å². The standard InChI is InChI=1S/C25H34F3N3OS2/c1-6-33-21-14-18(5)30-23(34-7-2)22(21)31-24(32)29-15-19(9-8-12-25(26,27)28)20-13-16(3)10-11-17(20)4/h10-11,13-14,19H,6-9,12,15H2,1-5H3,(H2,29,31,32). The third kappa shape index (κ3) is 9.06. The van der Waals surface area contributed by atoms with Crippen LogP contribution in [0.3, 0.4) is 0 Å². The smallest absolute Gasteiger partial charge is 0.337 e. The molecule has 0 aliphatic rings. The van der Waals surface area contributed by atoms with Gasteiger partial charge in [-0.25, -0.2) is 9.78 Å². The van der Waals surface area contributed by atoms with Gasteiger partial charge in [-0.15, -0.1) is 23.5 Å². The summed E-state index contributed by atoms with van der Waals surface area (Å²) >= 11 is 3.20. The van der Waals surface area contributed by atoms with Crippen molar-refractivity contribution in [2.24, 2.45) is 0 Å². The van der Waals surface area contributed by atoms with Crippen LogP contribution in [0.2, 0.25) is 0 Å². The van der Waals surface area contributed by atoms with Crippen LogP contribution in [0, 0.1) is 20.8 Å². The van der Waals surface area contributed by atoms with Gasteiger partial charge in [-0.05, 0) is 62.3 Å². The summed E-state index contributed by atoms with van der Waals surface area (Å²) in [7, 11) is 0. The molecule has 0 aliphatic carbocycles. The molecule has 0 spiro atoms. The Kier molecular flexibility index (Phi) is 11.1. The third-order valence-corrected chi connectivity index (χ3v) is 7.07. The van der Waals surface area contributed by atoms with Crippen molar-refractivity contribution in [3.8, 4) is 0 Å². The van der Waals surface area contributed by atoms with Crippen LogP contribution in [0.4, 0.5) is 23.7 Å². The molecule has 0 saturated carbocycles. The summed E-state index contributed by atoms with van der Waals surface area (Å²) in [6.45, 7) is 10.2. The van der Waals surface area contributed by atoms with E-state index < -0.39 is 12.6 Å². The van der Waals surface area contributed by atoms with Crippen LogP contribution < -0.4 is 10.6 Å². The van der Waals surface area contributed by atoms with E-state index in [2.05, 4.69) is 15.6 Å². The van der Waals surface area contributed by atoms with Gasteiger partial charge in [-0.1, -0.05) is 37.6 Å². The number of nitrogens with one attached hydrogen (secondary N) is 2. The lowest BCUT2D eigenvalue weighted by atomic mass is 9.89. The van der Waals surface area contributed by atoms with Gasteiger partial charge in [-0.3, -0.25) is 0 Å². The van der Waals surface area contributed by atoms with Gasteiger partial charge >= 0.3 is 12.2 Å². The number of amides is 2. The number of anilines is 1. The molecular weight excluding hydrogens is 479 g/mol. The quantitative estimate of drug-likeness (QED) is 0.300. The molecule has 9 heteroatoms. The summed E-state index contributed by atoms with van der Waals surface area (Å²) in [6.07, 6.45) is -4.66. The highest BCUT2D eigenvalue weighted by Crippen LogP contribution is 2.35. The van der Waals surface area contributed by atoms with Crippen LogP contribution in [0.1, 0.15) is 61.4 Å². The zero-order valence-corrected chi connectivity index (χ0v) is 22.1. The van der Waals surface area contributed by atoms with E-state index in [0.29, 0.717) is 12.1 Å². The fraction of sp³-hybridized carbons (Fsp3) is 0.520. The fourth-order valence-electron chi connectivity index (χ4n) is 3.73. The molecule has 0 aliphatic heterocycles. The summed E-state index contributed by atoms with van der Waals surface area (Å²) in [5, 5.41) is 6.62. The Hall–Kier alpha value is -1.87. The predicted octanol–water partition coefficient (Wildman–Crippen LogP) is 7.87. The van der Waals surface area contributed by atoms with Gasteiger partial charge < -0.3 is 10.6 Å². The molecule has 2 N–H and O–H groups in total. The van der Waals surface area contributed by atoms with Crippen LogP contribution in [0.5, 0.6) is 0 Å². The molecule has 0 saturated heterocycles. The maximum absolute atomic E-state index is 12.9. The molecule has 1 heterocycles. The van der Waals surface area contributed by atoms with Gasteiger partial charge in [0.05, 0.1) is 5.69 Å². The summed E-state index contributed by atoms with van der Waals surface area (Å²) in [5.41, 5.74) is 4.60. The number of benzene rings is 1. The summed E-state index contributed by atoms with van der Waals surface area (Å²) < 4.78 is 38.2. The molecule has 1 unspecified atom stereocenters. The van der Waals surface area contributed by atoms with Gasteiger partial charge in [0.15, 0.2) is 0 Å². The SMILES string of the molecule is CCSc1cc(C)nc(SCC)c1NC(=O)NCC(CCCC(F)(F)F)c1cc(C)ccc1C. The van der Waals surface area contributed by atoms with E-state index in [9.17, 15) is 18.0 Å². The first-order valence-electron chi connectivity index (χ1n) is 11.5. The third-order valence-electron chi connectivity index (χ3n) is 5.29. The first kappa shape index (κ1) is 28.4. The largest absolute Gasteiger partial charge is 0.389 e. The molecule has 1 aromatic heterocycles. The minimum absolute atomic E-state index is 0.0152. The van der Waals surface area contributed by atoms with Gasteiger partial charge in [0.25, 0.3) is 0 Å². The maximum Gasteiger partial charge on any atom is 0.389 e. The van der Waals surface area contributed by atoms with Gasteiger partial charge in [-0.2, -0.15) is 13.2 Å². The number of carbonyl (C=O) groups excluding carboxylic acids is 1. The number of hydrogen-bond acceptors (Lipinski definition) is 4. The Labute approximate surface area is 209 Å². The number of urea groups is 1. The van der Waals surface area contributed by atoms with Crippen molar-refractivity contribution in [1.29, 1.82) is 0 Å². The molecule has 0 radical (unpaired) electrons. The molecule has 2 amide bonds. The number of thioether (sulfide) groups is 2. The van der Waals surface area contributed by atoms with Crippen LogP contribution >= 0.6 is 23.5 Å². The number of halogens is 3. The Balaban J connectivity index is 2.18. The van der Waals surface area contributed by atoms with Gasteiger partial charge in [0.2, 0.25) is 0 Å². The molecule has 2 aromatic rings. The Morgan fingerprint density at radius 3 is 2.44 bits per heavy atom. The second-order valence-electron chi connectivity index (χ2n) is 8.21. The zero-order chi connectivity index (χ0) is 25.3. The molecule has 1 aromatic carbocycles. The first-order valence-corrected chi connectivity index (χ1v) is 13.5. The topological polar surface area (TPSA) is 54.0 Å². The maximum atomic E-state index is 12.9. The lowest BCUT2D eigenvalue weighted by Gasteiger charge is -2.22. The van der Waals surface area contributed by atoms with E-state index in [0.717, 1.165) is 43.8 Å². The van der Waals surface area contributed by atoms with E-state index in [1.165, 1.54) is 0 Å². The Morgan fingerprint density at radius 1 is 1.09 bits per heavy atom. The van der Waals surface area contributed by atoms with Crippen molar-refractivity contribution in [1.82, 2.24) is 10.3 Å². The normalized spacial score (nSPS) is 12.5. The van der Waals surface area contributed by atoms with E-state index in [-0.39, 0.29) is 24.9 Å². The number of rotatable bonds is 11. The van der Waals surface area contributed by atoms with Crippen molar-refractivity contribution >= 4 is 35.2 Å². The predicted molar refractivity (Wildman–Crippen MR) is 137 cm³/mol. The number of nitrogens with zero attached hydrogens (tertiary/aromatic N) is 1. The van der Waals surface area contributed by atoms with Crippen LogP contribution in [0.15, 0.2) is 34.2 Å². The first-order chi connectivity index (χ1) is 16.0. The summed E-state index contributed by atoms with van der Waals surface area (Å²) in [5.74, 6) is 1.46. The summed E-state index contributed by atoms with van der Waals surface area (Å²) in [6, 6.07) is 7.54. The molecule has 34 heavy (non-hydrogen) atoms. The Morgan fingerprint density at radius 2 is 1.79 bits per heavy atom. The van der Waals surface area contributed by atoms with Crippen molar-refractivity contribution in [3.63, 3.8) is 0 Å². The minimum atomic E-state index is -4.18. The van der Waals surface area contributed by atoms with Crippen LogP contribution in [-0.4, -0.2) is 35.2 Å². The zero-order valence-electron chi connectivity index (χ0n) is 20.4. The second kappa shape index (κ2) is 13.3. The van der Waals surface area contributed by atoms with Gasteiger partial charge in [0.1, 0.15) is 5.03 Å². The second-order valence-corrected chi connectivity index (χ2v) is 10.8. The number of pyridine rings is 1. The monoisotopic (exact) mass is 513 g/mol. The van der Waals surface area contributed by atoms with Crippen molar-refractivity contribution in [2.45, 2.75) is 75.9 Å². The number of alkyl halides is 3. The lowest BCUT2D eigenvalue weighted by Crippen LogP contribution is -2.33. The number of aromatic nitrogens is 1. The van der Waals surface area contributed by atoms with E-state index >= 15 is 0 Å². The van der Waals surface area contributed by atoms with Crippen molar-refractivity contribution in [2.75, 3.05) is 23.4 Å². The number of hydrogen-bond donors (Lipinski definition) is 2. The molecule has 2 rings (SSSR count). The highest BCUT2D eigenvalue weighted by molar-refractivity contribution is 8.00. The highest BCUT2D eigenvalue weighted by atomic mass is 32.2. The van der Waals surface area contributed by atoms with Crippen LogP contribution in [-0.2, 0) is 0 Å². The highest BCUT2D eigenvalue weighted by Gasteiger charge is 2.27. The molecule has 188 valence electrons. The molecule has 0 bridgehead atoms. The minimum Gasteiger partial charge on any atom is -0.337 e. The van der Waals surface area contributed by atoms with Crippen LogP contribution in [0.25, 0.3) is 0 Å². The average Bonchev–Trinajstić information content (AvgIpc) is 2.74. The molecule has 0 fully saturated rings. The average molecular weight is 514 g/mol. The molecular formula is C25H34F3N3OS2. The number of aryl methyl sites for hydroxylation is 3.